The molecule has 0 unspecified atom stereocenters. The Kier molecular flexibility index (Phi) is 5.17. The van der Waals surface area contributed by atoms with Crippen molar-refractivity contribution in [3.8, 4) is 11.3 Å². The van der Waals surface area contributed by atoms with Crippen molar-refractivity contribution in [2.45, 2.75) is 12.1 Å². The third kappa shape index (κ3) is 3.63. The fourth-order valence-electron chi connectivity index (χ4n) is 3.95. The molecular formula is C25H19N3O3S. The smallest absolute Gasteiger partial charge is 0.335 e. The molecule has 0 aliphatic carbocycles. The van der Waals surface area contributed by atoms with Crippen molar-refractivity contribution < 1.29 is 14.3 Å². The predicted molar refractivity (Wildman–Crippen MR) is 125 cm³/mol. The standard InChI is InChI=1S/C25H19N3O3S/c29-24(30)17-11-9-16(10-12-17)20-13-14-21(31-20)23-22(19-8-4-5-15-26-19)27-25(32)28(23)18-6-2-1-3-7-18/h1-15,22-23H,(H,27,32)(H,29,30)/t22-,23-/m1/s1. The zero-order chi connectivity index (χ0) is 22.1. The van der Waals surface area contributed by atoms with E-state index in [1.54, 1.807) is 30.5 Å². The number of rotatable bonds is 5. The third-order valence-electron chi connectivity index (χ3n) is 5.47. The summed E-state index contributed by atoms with van der Waals surface area (Å²) in [5.41, 5.74) is 2.85. The number of carbonyl (C=O) groups is 1. The lowest BCUT2D eigenvalue weighted by atomic mass is 10.0. The number of aromatic nitrogens is 1. The van der Waals surface area contributed by atoms with Crippen molar-refractivity contribution in [3.63, 3.8) is 0 Å². The van der Waals surface area contributed by atoms with Crippen molar-refractivity contribution in [3.05, 3.63) is 108 Å². The van der Waals surface area contributed by atoms with Crippen LogP contribution in [0.2, 0.25) is 0 Å². The van der Waals surface area contributed by atoms with Gasteiger partial charge in [0.25, 0.3) is 0 Å². The summed E-state index contributed by atoms with van der Waals surface area (Å²) in [5, 5.41) is 13.1. The number of hydrogen-bond acceptors (Lipinski definition) is 4. The minimum absolute atomic E-state index is 0.197. The molecule has 2 aromatic heterocycles. The van der Waals surface area contributed by atoms with Gasteiger partial charge in [0.1, 0.15) is 17.6 Å². The Labute approximate surface area is 190 Å². The number of benzene rings is 2. The van der Waals surface area contributed by atoms with E-state index in [9.17, 15) is 4.79 Å². The summed E-state index contributed by atoms with van der Waals surface area (Å²) < 4.78 is 6.29. The second-order valence-corrected chi connectivity index (χ2v) is 7.80. The molecule has 1 aliphatic heterocycles. The summed E-state index contributed by atoms with van der Waals surface area (Å²) in [6.45, 7) is 0. The van der Waals surface area contributed by atoms with E-state index in [0.717, 1.165) is 22.7 Å². The predicted octanol–water partition coefficient (Wildman–Crippen LogP) is 5.22. The Bertz CT molecular complexity index is 1260. The summed E-state index contributed by atoms with van der Waals surface area (Å²) in [5.74, 6) is 0.427. The molecule has 3 heterocycles. The van der Waals surface area contributed by atoms with Gasteiger partial charge in [0.05, 0.1) is 17.3 Å². The molecule has 5 rings (SSSR count). The fraction of sp³-hybridized carbons (Fsp3) is 0.0800. The first-order chi connectivity index (χ1) is 15.6. The molecule has 32 heavy (non-hydrogen) atoms. The van der Waals surface area contributed by atoms with Crippen molar-refractivity contribution in [2.75, 3.05) is 4.90 Å². The minimum Gasteiger partial charge on any atom is -0.478 e. The Morgan fingerprint density at radius 1 is 0.969 bits per heavy atom. The van der Waals surface area contributed by atoms with Crippen LogP contribution in [0.1, 0.15) is 33.9 Å². The molecule has 4 aromatic rings. The van der Waals surface area contributed by atoms with Gasteiger partial charge in [-0.05, 0) is 60.7 Å². The molecule has 0 amide bonds. The third-order valence-corrected chi connectivity index (χ3v) is 5.78. The van der Waals surface area contributed by atoms with Crippen LogP contribution in [0.15, 0.2) is 95.5 Å². The number of pyridine rings is 1. The van der Waals surface area contributed by atoms with E-state index in [-0.39, 0.29) is 17.6 Å². The molecule has 1 saturated heterocycles. The number of anilines is 1. The Balaban J connectivity index is 1.56. The molecular weight excluding hydrogens is 422 g/mol. The van der Waals surface area contributed by atoms with E-state index in [4.69, 9.17) is 21.7 Å². The maximum absolute atomic E-state index is 11.1. The highest BCUT2D eigenvalue weighted by molar-refractivity contribution is 7.80. The molecule has 2 aromatic carbocycles. The second kappa shape index (κ2) is 8.28. The summed E-state index contributed by atoms with van der Waals surface area (Å²) in [6, 6.07) is 25.7. The van der Waals surface area contributed by atoms with Gasteiger partial charge in [-0.2, -0.15) is 0 Å². The SMILES string of the molecule is O=C(O)c1ccc(-c2ccc([C@@H]3[C@@H](c4ccccn4)NC(=S)N3c3ccccc3)o2)cc1. The van der Waals surface area contributed by atoms with Gasteiger partial charge in [0.2, 0.25) is 0 Å². The molecule has 0 radical (unpaired) electrons. The molecule has 2 atom stereocenters. The number of carboxylic acid groups (broad SMARTS) is 1. The van der Waals surface area contributed by atoms with Crippen LogP contribution in [0.3, 0.4) is 0 Å². The van der Waals surface area contributed by atoms with Gasteiger partial charge in [0.15, 0.2) is 5.11 Å². The van der Waals surface area contributed by atoms with Crippen LogP contribution in [0.5, 0.6) is 0 Å². The Hall–Kier alpha value is -3.97. The molecule has 1 aliphatic rings. The van der Waals surface area contributed by atoms with Gasteiger partial charge in [0, 0.05) is 17.4 Å². The van der Waals surface area contributed by atoms with Gasteiger partial charge in [-0.1, -0.05) is 36.4 Å². The molecule has 0 saturated carbocycles. The first-order valence-electron chi connectivity index (χ1n) is 10.1. The number of hydrogen-bond donors (Lipinski definition) is 2. The largest absolute Gasteiger partial charge is 0.478 e. The maximum atomic E-state index is 11.1. The zero-order valence-corrected chi connectivity index (χ0v) is 17.7. The number of para-hydroxylation sites is 1. The van der Waals surface area contributed by atoms with Crippen LogP contribution >= 0.6 is 12.2 Å². The van der Waals surface area contributed by atoms with Gasteiger partial charge >= 0.3 is 5.97 Å². The van der Waals surface area contributed by atoms with Crippen LogP contribution in [0.25, 0.3) is 11.3 Å². The number of carboxylic acids is 1. The highest BCUT2D eigenvalue weighted by atomic mass is 32.1. The second-order valence-electron chi connectivity index (χ2n) is 7.42. The van der Waals surface area contributed by atoms with Crippen molar-refractivity contribution in [1.82, 2.24) is 10.3 Å². The van der Waals surface area contributed by atoms with Gasteiger partial charge < -0.3 is 19.7 Å². The Morgan fingerprint density at radius 3 is 2.41 bits per heavy atom. The summed E-state index contributed by atoms with van der Waals surface area (Å²) >= 11 is 5.71. The molecule has 0 spiro atoms. The van der Waals surface area contributed by atoms with Gasteiger partial charge in [-0.3, -0.25) is 4.98 Å². The lowest BCUT2D eigenvalue weighted by molar-refractivity contribution is 0.0697. The quantitative estimate of drug-likeness (QED) is 0.411. The molecule has 7 heteroatoms. The van der Waals surface area contributed by atoms with Gasteiger partial charge in [-0.25, -0.2) is 4.79 Å². The molecule has 158 valence electrons. The van der Waals surface area contributed by atoms with Crippen molar-refractivity contribution in [1.29, 1.82) is 0 Å². The highest BCUT2D eigenvalue weighted by Gasteiger charge is 2.42. The van der Waals surface area contributed by atoms with E-state index in [1.165, 1.54) is 0 Å². The van der Waals surface area contributed by atoms with Crippen LogP contribution in [-0.2, 0) is 0 Å². The first kappa shape index (κ1) is 20.0. The lowest BCUT2D eigenvalue weighted by Crippen LogP contribution is -2.29. The van der Waals surface area contributed by atoms with E-state index in [2.05, 4.69) is 10.3 Å². The molecule has 2 N–H and O–H groups in total. The van der Waals surface area contributed by atoms with Crippen LogP contribution in [-0.4, -0.2) is 21.2 Å². The number of thiocarbonyl (C=S) groups is 1. The lowest BCUT2D eigenvalue weighted by Gasteiger charge is -2.26. The molecule has 1 fully saturated rings. The zero-order valence-electron chi connectivity index (χ0n) is 16.9. The number of nitrogens with zero attached hydrogens (tertiary/aromatic N) is 2. The summed E-state index contributed by atoms with van der Waals surface area (Å²) in [6.07, 6.45) is 1.76. The van der Waals surface area contributed by atoms with E-state index < -0.39 is 5.97 Å². The van der Waals surface area contributed by atoms with Crippen LogP contribution < -0.4 is 10.2 Å². The number of aromatic carboxylic acids is 1. The maximum Gasteiger partial charge on any atom is 0.335 e. The fourth-order valence-corrected chi connectivity index (χ4v) is 4.30. The molecule has 0 bridgehead atoms. The van der Waals surface area contributed by atoms with Crippen molar-refractivity contribution >= 4 is 29.0 Å². The monoisotopic (exact) mass is 441 g/mol. The van der Waals surface area contributed by atoms with E-state index in [1.807, 2.05) is 65.6 Å². The van der Waals surface area contributed by atoms with Crippen LogP contribution in [0, 0.1) is 0 Å². The average Bonchev–Trinajstić information content (AvgIpc) is 3.45. The van der Waals surface area contributed by atoms with Crippen LogP contribution in [0.4, 0.5) is 5.69 Å². The van der Waals surface area contributed by atoms with Gasteiger partial charge in [-0.15, -0.1) is 0 Å². The minimum atomic E-state index is -0.959. The Morgan fingerprint density at radius 2 is 1.72 bits per heavy atom. The average molecular weight is 442 g/mol. The van der Waals surface area contributed by atoms with Crippen molar-refractivity contribution in [2.24, 2.45) is 0 Å². The number of nitrogens with one attached hydrogen (secondary N) is 1. The van der Waals surface area contributed by atoms with E-state index >= 15 is 0 Å². The normalized spacial score (nSPS) is 17.9. The topological polar surface area (TPSA) is 78.6 Å². The highest BCUT2D eigenvalue weighted by Crippen LogP contribution is 2.42. The number of furan rings is 1. The summed E-state index contributed by atoms with van der Waals surface area (Å²) in [4.78, 5) is 17.7. The summed E-state index contributed by atoms with van der Waals surface area (Å²) in [7, 11) is 0. The van der Waals surface area contributed by atoms with E-state index in [0.29, 0.717) is 10.9 Å². The molecule has 6 nitrogen and oxygen atoms in total. The first-order valence-corrected chi connectivity index (χ1v) is 10.5.